The van der Waals surface area contributed by atoms with Crippen LogP contribution in [0.25, 0.3) is 11.1 Å². The van der Waals surface area contributed by atoms with Crippen LogP contribution < -0.4 is 10.6 Å². The Morgan fingerprint density at radius 2 is 1.50 bits per heavy atom. The molecule has 0 aromatic heterocycles. The zero-order valence-electron chi connectivity index (χ0n) is 16.7. The maximum atomic E-state index is 12.2. The Hall–Kier alpha value is -3.68. The van der Waals surface area contributed by atoms with Gasteiger partial charge in [-0.25, -0.2) is 0 Å². The molecule has 30 heavy (non-hydrogen) atoms. The highest BCUT2D eigenvalue weighted by Gasteiger charge is 2.11. The number of rotatable bonds is 10. The molecular weight excluding hydrogens is 388 g/mol. The van der Waals surface area contributed by atoms with Gasteiger partial charge in [-0.3, -0.25) is 19.2 Å². The molecule has 2 rings (SSSR count). The Balaban J connectivity index is 1.67. The van der Waals surface area contributed by atoms with E-state index in [4.69, 9.17) is 4.74 Å². The van der Waals surface area contributed by atoms with Gasteiger partial charge in [0.05, 0.1) is 7.11 Å². The lowest BCUT2D eigenvalue weighted by Gasteiger charge is -2.08. The lowest BCUT2D eigenvalue weighted by atomic mass is 10.0. The molecule has 0 bridgehead atoms. The number of hydrogen-bond acceptors (Lipinski definition) is 6. The van der Waals surface area contributed by atoms with E-state index >= 15 is 0 Å². The fourth-order valence-corrected chi connectivity index (χ4v) is 2.51. The van der Waals surface area contributed by atoms with Gasteiger partial charge >= 0.3 is 11.9 Å². The summed E-state index contributed by atoms with van der Waals surface area (Å²) in [5, 5.41) is 4.97. The van der Waals surface area contributed by atoms with Crippen LogP contribution in [0.5, 0.6) is 0 Å². The molecule has 8 heteroatoms. The fourth-order valence-electron chi connectivity index (χ4n) is 2.51. The molecule has 0 aliphatic heterocycles. The number of methoxy groups -OCH3 is 1. The fraction of sp³-hybridized carbons (Fsp3) is 0.273. The van der Waals surface area contributed by atoms with Crippen molar-refractivity contribution < 1.29 is 28.7 Å². The molecule has 158 valence electrons. The van der Waals surface area contributed by atoms with Crippen LogP contribution in [0.15, 0.2) is 54.6 Å². The minimum atomic E-state index is -0.728. The third kappa shape index (κ3) is 7.75. The number of carbonyl (C=O) groups excluding carboxylic acids is 4. The summed E-state index contributed by atoms with van der Waals surface area (Å²) in [6.45, 7) is -0.547. The van der Waals surface area contributed by atoms with Crippen LogP contribution in [0, 0.1) is 0 Å². The van der Waals surface area contributed by atoms with Gasteiger partial charge in [0.15, 0.2) is 6.61 Å². The molecule has 2 amide bonds. The van der Waals surface area contributed by atoms with Crippen molar-refractivity contribution in [3.05, 3.63) is 60.2 Å². The molecule has 0 radical (unpaired) electrons. The number of nitrogens with one attached hydrogen (secondary N) is 2. The molecule has 2 aromatic carbocycles. The van der Waals surface area contributed by atoms with Crippen molar-refractivity contribution in [3.8, 4) is 11.1 Å². The van der Waals surface area contributed by atoms with Crippen molar-refractivity contribution >= 4 is 23.8 Å². The zero-order chi connectivity index (χ0) is 21.8. The zero-order valence-corrected chi connectivity index (χ0v) is 16.7. The summed E-state index contributed by atoms with van der Waals surface area (Å²) in [7, 11) is 1.29. The SMILES string of the molecule is COC(=O)CCCNC(=O)COC(=O)CNC(=O)c1ccc(-c2ccccc2)cc1. The smallest absolute Gasteiger partial charge is 0.325 e. The van der Waals surface area contributed by atoms with Crippen molar-refractivity contribution in [2.24, 2.45) is 0 Å². The Morgan fingerprint density at radius 3 is 2.17 bits per heavy atom. The van der Waals surface area contributed by atoms with Crippen LogP contribution in [0.1, 0.15) is 23.2 Å². The maximum absolute atomic E-state index is 12.2. The molecular formula is C22H24N2O6. The highest BCUT2D eigenvalue weighted by atomic mass is 16.5. The molecule has 0 saturated carbocycles. The van der Waals surface area contributed by atoms with Gasteiger partial charge < -0.3 is 20.1 Å². The summed E-state index contributed by atoms with van der Waals surface area (Å²) < 4.78 is 9.29. The molecule has 2 N–H and O–H groups in total. The minimum Gasteiger partial charge on any atom is -0.469 e. The van der Waals surface area contributed by atoms with Gasteiger partial charge in [-0.05, 0) is 29.7 Å². The molecule has 0 fully saturated rings. The molecule has 0 heterocycles. The highest BCUT2D eigenvalue weighted by Crippen LogP contribution is 2.19. The Labute approximate surface area is 174 Å². The molecule has 0 atom stereocenters. The van der Waals surface area contributed by atoms with Gasteiger partial charge in [0.25, 0.3) is 11.8 Å². The first-order chi connectivity index (χ1) is 14.5. The van der Waals surface area contributed by atoms with E-state index in [1.807, 2.05) is 42.5 Å². The van der Waals surface area contributed by atoms with Crippen molar-refractivity contribution in [1.29, 1.82) is 0 Å². The predicted octanol–water partition coefficient (Wildman–Crippen LogP) is 1.70. The monoisotopic (exact) mass is 412 g/mol. The standard InChI is InChI=1S/C22H24N2O6/c1-29-20(26)8-5-13-23-19(25)15-30-21(27)14-24-22(28)18-11-9-17(10-12-18)16-6-3-2-4-7-16/h2-4,6-7,9-12H,5,8,13-15H2,1H3,(H,23,25)(H,24,28). The van der Waals surface area contributed by atoms with E-state index < -0.39 is 24.4 Å². The third-order valence-corrected chi connectivity index (χ3v) is 4.12. The molecule has 0 aliphatic rings. The van der Waals surface area contributed by atoms with Gasteiger partial charge in [0, 0.05) is 18.5 Å². The van der Waals surface area contributed by atoms with Crippen LogP contribution in [0.2, 0.25) is 0 Å². The summed E-state index contributed by atoms with van der Waals surface area (Å²) in [5.41, 5.74) is 2.42. The lowest BCUT2D eigenvalue weighted by molar-refractivity contribution is -0.147. The molecule has 2 aromatic rings. The van der Waals surface area contributed by atoms with Gasteiger partial charge in [-0.2, -0.15) is 0 Å². The van der Waals surface area contributed by atoms with Gasteiger partial charge in [0.2, 0.25) is 0 Å². The number of benzene rings is 2. The second-order valence-electron chi connectivity index (χ2n) is 6.32. The first kappa shape index (κ1) is 22.6. The van der Waals surface area contributed by atoms with Crippen molar-refractivity contribution in [2.75, 3.05) is 26.8 Å². The van der Waals surface area contributed by atoms with E-state index in [0.717, 1.165) is 11.1 Å². The largest absolute Gasteiger partial charge is 0.469 e. The number of amides is 2. The van der Waals surface area contributed by atoms with Gasteiger partial charge in [-0.1, -0.05) is 42.5 Å². The van der Waals surface area contributed by atoms with Gasteiger partial charge in [-0.15, -0.1) is 0 Å². The average molecular weight is 412 g/mol. The number of hydrogen-bond donors (Lipinski definition) is 2. The lowest BCUT2D eigenvalue weighted by Crippen LogP contribution is -2.34. The van der Waals surface area contributed by atoms with Crippen LogP contribution in [-0.4, -0.2) is 50.6 Å². The van der Waals surface area contributed by atoms with Crippen LogP contribution in [0.4, 0.5) is 0 Å². The third-order valence-electron chi connectivity index (χ3n) is 4.12. The Bertz CT molecular complexity index is 865. The van der Waals surface area contributed by atoms with E-state index in [1.165, 1.54) is 7.11 Å². The van der Waals surface area contributed by atoms with Gasteiger partial charge in [0.1, 0.15) is 6.54 Å². The minimum absolute atomic E-state index is 0.189. The topological polar surface area (TPSA) is 111 Å². The molecule has 0 aliphatic carbocycles. The van der Waals surface area contributed by atoms with E-state index in [-0.39, 0.29) is 25.5 Å². The summed E-state index contributed by atoms with van der Waals surface area (Å²) in [6, 6.07) is 16.7. The number of carbonyl (C=O) groups is 4. The predicted molar refractivity (Wildman–Crippen MR) is 109 cm³/mol. The highest BCUT2D eigenvalue weighted by molar-refractivity contribution is 5.96. The van der Waals surface area contributed by atoms with Crippen LogP contribution in [-0.2, 0) is 23.9 Å². The quantitative estimate of drug-likeness (QED) is 0.454. The summed E-state index contributed by atoms with van der Waals surface area (Å²) in [6.07, 6.45) is 0.612. The van der Waals surface area contributed by atoms with E-state index in [9.17, 15) is 19.2 Å². The van der Waals surface area contributed by atoms with Crippen molar-refractivity contribution in [3.63, 3.8) is 0 Å². The Morgan fingerprint density at radius 1 is 0.833 bits per heavy atom. The first-order valence-corrected chi connectivity index (χ1v) is 9.42. The average Bonchev–Trinajstić information content (AvgIpc) is 2.79. The Kier molecular flexibility index (Phi) is 9.05. The molecule has 0 saturated heterocycles. The van der Waals surface area contributed by atoms with Crippen LogP contribution >= 0.6 is 0 Å². The van der Waals surface area contributed by atoms with Crippen molar-refractivity contribution in [2.45, 2.75) is 12.8 Å². The second kappa shape index (κ2) is 12.0. The maximum Gasteiger partial charge on any atom is 0.325 e. The van der Waals surface area contributed by atoms with Crippen molar-refractivity contribution in [1.82, 2.24) is 10.6 Å². The normalized spacial score (nSPS) is 10.0. The van der Waals surface area contributed by atoms with E-state index in [1.54, 1.807) is 12.1 Å². The molecule has 0 unspecified atom stereocenters. The summed E-state index contributed by atoms with van der Waals surface area (Å²) in [4.78, 5) is 46.4. The summed E-state index contributed by atoms with van der Waals surface area (Å²) >= 11 is 0. The summed E-state index contributed by atoms with van der Waals surface area (Å²) in [5.74, 6) is -2.00. The first-order valence-electron chi connectivity index (χ1n) is 9.42. The van der Waals surface area contributed by atoms with E-state index in [2.05, 4.69) is 15.4 Å². The molecule has 0 spiro atoms. The molecule has 8 nitrogen and oxygen atoms in total. The van der Waals surface area contributed by atoms with Crippen LogP contribution in [0.3, 0.4) is 0 Å². The van der Waals surface area contributed by atoms with E-state index in [0.29, 0.717) is 12.0 Å². The number of esters is 2. The second-order valence-corrected chi connectivity index (χ2v) is 6.32. The number of ether oxygens (including phenoxy) is 2.